The molecule has 23 heavy (non-hydrogen) atoms. The summed E-state index contributed by atoms with van der Waals surface area (Å²) in [5.41, 5.74) is 3.11. The molecule has 0 N–H and O–H groups in total. The second kappa shape index (κ2) is 7.28. The van der Waals surface area contributed by atoms with E-state index < -0.39 is 0 Å². The lowest BCUT2D eigenvalue weighted by atomic mass is 9.87. The van der Waals surface area contributed by atoms with E-state index in [9.17, 15) is 4.79 Å². The number of benzene rings is 2. The van der Waals surface area contributed by atoms with Gasteiger partial charge in [0.2, 0.25) is 0 Å². The van der Waals surface area contributed by atoms with Crippen molar-refractivity contribution in [1.82, 2.24) is 0 Å². The summed E-state index contributed by atoms with van der Waals surface area (Å²) in [7, 11) is 0. The largest absolute Gasteiger partial charge is 0.494 e. The average Bonchev–Trinajstić information content (AvgIpc) is 2.53. The maximum Gasteiger partial charge on any atom is 0.185 e. The molecule has 0 bridgehead atoms. The van der Waals surface area contributed by atoms with Crippen molar-refractivity contribution < 1.29 is 9.53 Å². The number of allylic oxidation sites excluding steroid dienone is 1. The number of ketones is 1. The summed E-state index contributed by atoms with van der Waals surface area (Å²) in [6.45, 7) is 9.12. The molecule has 0 aromatic heterocycles. The van der Waals surface area contributed by atoms with Crippen LogP contribution >= 0.6 is 0 Å². The van der Waals surface area contributed by atoms with Gasteiger partial charge in [0, 0.05) is 5.56 Å². The first kappa shape index (κ1) is 17.0. The zero-order chi connectivity index (χ0) is 16.9. The van der Waals surface area contributed by atoms with Crippen LogP contribution in [0.1, 0.15) is 49.2 Å². The molecule has 0 unspecified atom stereocenters. The molecule has 2 nitrogen and oxygen atoms in total. The van der Waals surface area contributed by atoms with Gasteiger partial charge in [0.25, 0.3) is 0 Å². The van der Waals surface area contributed by atoms with Gasteiger partial charge in [-0.15, -0.1) is 0 Å². The van der Waals surface area contributed by atoms with Crippen LogP contribution in [0.5, 0.6) is 5.75 Å². The Balaban J connectivity index is 2.05. The van der Waals surface area contributed by atoms with E-state index in [2.05, 4.69) is 32.9 Å². The highest BCUT2D eigenvalue weighted by Gasteiger charge is 2.12. The van der Waals surface area contributed by atoms with Crippen molar-refractivity contribution in [3.05, 3.63) is 71.3 Å². The number of carbonyl (C=O) groups is 1. The van der Waals surface area contributed by atoms with Gasteiger partial charge in [-0.2, -0.15) is 0 Å². The van der Waals surface area contributed by atoms with Crippen LogP contribution in [0, 0.1) is 0 Å². The fraction of sp³-hybridized carbons (Fsp3) is 0.286. The Morgan fingerprint density at radius 1 is 1.00 bits per heavy atom. The average molecular weight is 308 g/mol. The molecule has 2 aromatic carbocycles. The summed E-state index contributed by atoms with van der Waals surface area (Å²) in [4.78, 5) is 12.2. The van der Waals surface area contributed by atoms with E-state index in [-0.39, 0.29) is 11.2 Å². The molecule has 0 heterocycles. The van der Waals surface area contributed by atoms with Crippen molar-refractivity contribution in [2.24, 2.45) is 0 Å². The van der Waals surface area contributed by atoms with Crippen LogP contribution in [0.2, 0.25) is 0 Å². The minimum Gasteiger partial charge on any atom is -0.494 e. The van der Waals surface area contributed by atoms with Crippen LogP contribution in [0.3, 0.4) is 0 Å². The Morgan fingerprint density at radius 2 is 1.61 bits per heavy atom. The van der Waals surface area contributed by atoms with Crippen molar-refractivity contribution in [2.45, 2.75) is 33.1 Å². The molecule has 0 radical (unpaired) electrons. The monoisotopic (exact) mass is 308 g/mol. The van der Waals surface area contributed by atoms with Crippen molar-refractivity contribution in [3.8, 4) is 5.75 Å². The first-order chi connectivity index (χ1) is 10.9. The van der Waals surface area contributed by atoms with E-state index in [4.69, 9.17) is 4.74 Å². The zero-order valence-electron chi connectivity index (χ0n) is 14.3. The van der Waals surface area contributed by atoms with Crippen LogP contribution in [-0.2, 0) is 5.41 Å². The third-order valence-electron chi connectivity index (χ3n) is 3.65. The maximum atomic E-state index is 12.2. The van der Waals surface area contributed by atoms with Crippen molar-refractivity contribution in [1.29, 1.82) is 0 Å². The Morgan fingerprint density at radius 3 is 2.13 bits per heavy atom. The van der Waals surface area contributed by atoms with Gasteiger partial charge in [-0.1, -0.05) is 51.1 Å². The standard InChI is InChI=1S/C21H24O2/c1-5-23-19-13-9-17(10-14-19)20(22)15-8-16-6-11-18(12-7-16)21(2,3)4/h6-15H,5H2,1-4H3. The van der Waals surface area contributed by atoms with Gasteiger partial charge in [0.05, 0.1) is 6.61 Å². The smallest absolute Gasteiger partial charge is 0.185 e. The second-order valence-corrected chi connectivity index (χ2v) is 6.53. The number of ether oxygens (including phenoxy) is 1. The molecule has 0 aliphatic heterocycles. The number of rotatable bonds is 5. The number of carbonyl (C=O) groups excluding carboxylic acids is 1. The number of hydrogen-bond donors (Lipinski definition) is 0. The Labute approximate surface area is 138 Å². The Kier molecular flexibility index (Phi) is 5.38. The highest BCUT2D eigenvalue weighted by molar-refractivity contribution is 6.06. The molecule has 0 spiro atoms. The van der Waals surface area contributed by atoms with Crippen molar-refractivity contribution in [2.75, 3.05) is 6.61 Å². The molecule has 2 rings (SSSR count). The first-order valence-electron chi connectivity index (χ1n) is 7.96. The Bertz CT molecular complexity index is 671. The highest BCUT2D eigenvalue weighted by Crippen LogP contribution is 2.22. The van der Waals surface area contributed by atoms with Gasteiger partial charge in [-0.3, -0.25) is 4.79 Å². The summed E-state index contributed by atoms with van der Waals surface area (Å²) in [6, 6.07) is 15.5. The topological polar surface area (TPSA) is 26.3 Å². The lowest BCUT2D eigenvalue weighted by Crippen LogP contribution is -2.10. The number of hydrogen-bond acceptors (Lipinski definition) is 2. The minimum absolute atomic E-state index is 0.00653. The normalized spacial score (nSPS) is 11.7. The van der Waals surface area contributed by atoms with E-state index in [1.807, 2.05) is 37.3 Å². The predicted molar refractivity (Wildman–Crippen MR) is 96.1 cm³/mol. The van der Waals surface area contributed by atoms with Crippen LogP contribution in [-0.4, -0.2) is 12.4 Å². The fourth-order valence-corrected chi connectivity index (χ4v) is 2.24. The lowest BCUT2D eigenvalue weighted by molar-refractivity contribution is 0.104. The summed E-state index contributed by atoms with van der Waals surface area (Å²) in [5.74, 6) is 0.777. The van der Waals surface area contributed by atoms with Gasteiger partial charge in [0.1, 0.15) is 5.75 Å². The SMILES string of the molecule is CCOc1ccc(C(=O)C=Cc2ccc(C(C)(C)C)cc2)cc1. The van der Waals surface area contributed by atoms with Crippen LogP contribution in [0.15, 0.2) is 54.6 Å². The van der Waals surface area contributed by atoms with Crippen LogP contribution in [0.25, 0.3) is 6.08 Å². The summed E-state index contributed by atoms with van der Waals surface area (Å²) >= 11 is 0. The summed E-state index contributed by atoms with van der Waals surface area (Å²) < 4.78 is 5.38. The van der Waals surface area contributed by atoms with E-state index in [1.54, 1.807) is 18.2 Å². The molecular formula is C21H24O2. The molecule has 0 fully saturated rings. The van der Waals surface area contributed by atoms with Gasteiger partial charge in [0.15, 0.2) is 5.78 Å². The summed E-state index contributed by atoms with van der Waals surface area (Å²) in [6.07, 6.45) is 3.47. The molecule has 0 saturated heterocycles. The van der Waals surface area contributed by atoms with E-state index in [1.165, 1.54) is 5.56 Å². The predicted octanol–water partition coefficient (Wildman–Crippen LogP) is 5.28. The van der Waals surface area contributed by atoms with Gasteiger partial charge in [-0.05, 0) is 53.8 Å². The Hall–Kier alpha value is -2.35. The lowest BCUT2D eigenvalue weighted by Gasteiger charge is -2.18. The third kappa shape index (κ3) is 4.82. The van der Waals surface area contributed by atoms with Crippen LogP contribution in [0.4, 0.5) is 0 Å². The molecule has 0 aliphatic carbocycles. The molecule has 2 heteroatoms. The van der Waals surface area contributed by atoms with E-state index in [0.717, 1.165) is 11.3 Å². The second-order valence-electron chi connectivity index (χ2n) is 6.53. The van der Waals surface area contributed by atoms with Crippen molar-refractivity contribution >= 4 is 11.9 Å². The van der Waals surface area contributed by atoms with Gasteiger partial charge < -0.3 is 4.74 Å². The minimum atomic E-state index is -0.00653. The summed E-state index contributed by atoms with van der Waals surface area (Å²) in [5, 5.41) is 0. The molecule has 0 atom stereocenters. The molecule has 120 valence electrons. The quantitative estimate of drug-likeness (QED) is 0.555. The molecule has 0 saturated carbocycles. The maximum absolute atomic E-state index is 12.2. The molecule has 2 aromatic rings. The highest BCUT2D eigenvalue weighted by atomic mass is 16.5. The van der Waals surface area contributed by atoms with E-state index in [0.29, 0.717) is 12.2 Å². The third-order valence-corrected chi connectivity index (χ3v) is 3.65. The molecule has 0 aliphatic rings. The molecular weight excluding hydrogens is 284 g/mol. The zero-order valence-corrected chi connectivity index (χ0v) is 14.3. The van der Waals surface area contributed by atoms with Crippen LogP contribution < -0.4 is 4.74 Å². The van der Waals surface area contributed by atoms with E-state index >= 15 is 0 Å². The molecule has 0 amide bonds. The van der Waals surface area contributed by atoms with Gasteiger partial charge in [-0.25, -0.2) is 0 Å². The van der Waals surface area contributed by atoms with Crippen molar-refractivity contribution in [3.63, 3.8) is 0 Å². The fourth-order valence-electron chi connectivity index (χ4n) is 2.24. The first-order valence-corrected chi connectivity index (χ1v) is 7.96. The van der Waals surface area contributed by atoms with Gasteiger partial charge >= 0.3 is 0 Å².